The SMILES string of the molecule is Fc1cccc(F)c1C1CCCC(Br)C1. The summed E-state index contributed by atoms with van der Waals surface area (Å²) in [7, 11) is 0. The summed E-state index contributed by atoms with van der Waals surface area (Å²) in [6.45, 7) is 0. The maximum atomic E-state index is 13.5. The zero-order valence-corrected chi connectivity index (χ0v) is 9.94. The highest BCUT2D eigenvalue weighted by molar-refractivity contribution is 9.09. The fourth-order valence-corrected chi connectivity index (χ4v) is 3.07. The molecule has 2 rings (SSSR count). The minimum Gasteiger partial charge on any atom is -0.207 e. The van der Waals surface area contributed by atoms with E-state index in [0.29, 0.717) is 4.83 Å². The molecule has 0 spiro atoms. The van der Waals surface area contributed by atoms with E-state index in [1.165, 1.54) is 18.2 Å². The molecule has 1 fully saturated rings. The van der Waals surface area contributed by atoms with Crippen LogP contribution in [-0.4, -0.2) is 4.83 Å². The molecule has 0 bridgehead atoms. The van der Waals surface area contributed by atoms with Gasteiger partial charge in [-0.05, 0) is 37.3 Å². The number of hydrogen-bond donors (Lipinski definition) is 0. The van der Waals surface area contributed by atoms with Crippen molar-refractivity contribution >= 4 is 15.9 Å². The summed E-state index contributed by atoms with van der Waals surface area (Å²) in [6.07, 6.45) is 3.86. The predicted molar refractivity (Wildman–Crippen MR) is 60.3 cm³/mol. The summed E-state index contributed by atoms with van der Waals surface area (Å²) in [5.41, 5.74) is 0.279. The van der Waals surface area contributed by atoms with E-state index in [1.807, 2.05) is 0 Å². The van der Waals surface area contributed by atoms with Crippen molar-refractivity contribution in [1.29, 1.82) is 0 Å². The standard InChI is InChI=1S/C12H13BrF2/c13-9-4-1-3-8(7-9)12-10(14)5-2-6-11(12)15/h2,5-6,8-9H,1,3-4,7H2. The Morgan fingerprint density at radius 2 is 1.80 bits per heavy atom. The molecule has 2 atom stereocenters. The highest BCUT2D eigenvalue weighted by atomic mass is 79.9. The fraction of sp³-hybridized carbons (Fsp3) is 0.500. The molecule has 0 amide bonds. The molecule has 0 radical (unpaired) electrons. The molecule has 15 heavy (non-hydrogen) atoms. The molecule has 3 heteroatoms. The third kappa shape index (κ3) is 2.39. The van der Waals surface area contributed by atoms with Gasteiger partial charge in [0, 0.05) is 10.4 Å². The summed E-state index contributed by atoms with van der Waals surface area (Å²) < 4.78 is 27.0. The number of benzene rings is 1. The Kier molecular flexibility index (Phi) is 3.39. The van der Waals surface area contributed by atoms with E-state index in [2.05, 4.69) is 15.9 Å². The summed E-state index contributed by atoms with van der Waals surface area (Å²) >= 11 is 3.53. The highest BCUT2D eigenvalue weighted by Gasteiger charge is 2.25. The molecule has 1 aromatic carbocycles. The Balaban J connectivity index is 2.28. The second kappa shape index (κ2) is 4.60. The first-order valence-corrected chi connectivity index (χ1v) is 6.18. The van der Waals surface area contributed by atoms with Crippen molar-refractivity contribution in [2.45, 2.75) is 36.4 Å². The van der Waals surface area contributed by atoms with Crippen molar-refractivity contribution in [3.8, 4) is 0 Å². The number of alkyl halides is 1. The van der Waals surface area contributed by atoms with Crippen molar-refractivity contribution in [3.05, 3.63) is 35.4 Å². The summed E-state index contributed by atoms with van der Waals surface area (Å²) in [4.78, 5) is 0.398. The summed E-state index contributed by atoms with van der Waals surface area (Å²) in [6, 6.07) is 4.11. The lowest BCUT2D eigenvalue weighted by Crippen LogP contribution is -2.15. The molecule has 0 saturated heterocycles. The van der Waals surface area contributed by atoms with E-state index < -0.39 is 11.6 Å². The molecule has 0 nitrogen and oxygen atoms in total. The van der Waals surface area contributed by atoms with E-state index >= 15 is 0 Å². The molecule has 0 N–H and O–H groups in total. The molecular weight excluding hydrogens is 262 g/mol. The first-order valence-electron chi connectivity index (χ1n) is 5.26. The van der Waals surface area contributed by atoms with Crippen LogP contribution in [0.3, 0.4) is 0 Å². The van der Waals surface area contributed by atoms with Crippen LogP contribution < -0.4 is 0 Å². The summed E-state index contributed by atoms with van der Waals surface area (Å²) in [5.74, 6) is -0.771. The average molecular weight is 275 g/mol. The average Bonchev–Trinajstić information content (AvgIpc) is 2.17. The lowest BCUT2D eigenvalue weighted by atomic mass is 9.83. The van der Waals surface area contributed by atoms with Gasteiger partial charge in [0.15, 0.2) is 0 Å². The molecule has 1 aliphatic carbocycles. The van der Waals surface area contributed by atoms with Gasteiger partial charge in [-0.1, -0.05) is 28.4 Å². The van der Waals surface area contributed by atoms with Crippen LogP contribution in [0.25, 0.3) is 0 Å². The highest BCUT2D eigenvalue weighted by Crippen LogP contribution is 2.37. The van der Waals surface area contributed by atoms with E-state index in [4.69, 9.17) is 0 Å². The van der Waals surface area contributed by atoms with Crippen molar-refractivity contribution in [3.63, 3.8) is 0 Å². The topological polar surface area (TPSA) is 0 Å². The largest absolute Gasteiger partial charge is 0.207 e. The Morgan fingerprint density at radius 1 is 1.13 bits per heavy atom. The van der Waals surface area contributed by atoms with Crippen LogP contribution in [0.15, 0.2) is 18.2 Å². The van der Waals surface area contributed by atoms with Gasteiger partial charge < -0.3 is 0 Å². The second-order valence-corrected chi connectivity index (χ2v) is 5.39. The van der Waals surface area contributed by atoms with Gasteiger partial charge >= 0.3 is 0 Å². The van der Waals surface area contributed by atoms with Crippen LogP contribution in [0, 0.1) is 11.6 Å². The number of halogens is 3. The molecule has 1 aromatic rings. The normalized spacial score (nSPS) is 26.6. The van der Waals surface area contributed by atoms with Crippen molar-refractivity contribution in [2.75, 3.05) is 0 Å². The van der Waals surface area contributed by atoms with Gasteiger partial charge in [-0.3, -0.25) is 0 Å². The van der Waals surface area contributed by atoms with Gasteiger partial charge in [0.2, 0.25) is 0 Å². The quantitative estimate of drug-likeness (QED) is 0.667. The van der Waals surface area contributed by atoms with Crippen LogP contribution in [0.5, 0.6) is 0 Å². The molecule has 0 aliphatic heterocycles. The maximum Gasteiger partial charge on any atom is 0.129 e. The van der Waals surface area contributed by atoms with Gasteiger partial charge in [0.1, 0.15) is 11.6 Å². The zero-order valence-electron chi connectivity index (χ0n) is 8.35. The molecule has 2 unspecified atom stereocenters. The van der Waals surface area contributed by atoms with Gasteiger partial charge in [0.25, 0.3) is 0 Å². The van der Waals surface area contributed by atoms with Crippen molar-refractivity contribution < 1.29 is 8.78 Å². The molecule has 1 saturated carbocycles. The van der Waals surface area contributed by atoms with Gasteiger partial charge in [-0.2, -0.15) is 0 Å². The van der Waals surface area contributed by atoms with E-state index in [0.717, 1.165) is 25.7 Å². The Hall–Kier alpha value is -0.440. The van der Waals surface area contributed by atoms with Gasteiger partial charge in [-0.15, -0.1) is 0 Å². The molecule has 0 aromatic heterocycles. The van der Waals surface area contributed by atoms with Gasteiger partial charge in [-0.25, -0.2) is 8.78 Å². The van der Waals surface area contributed by atoms with Crippen LogP contribution in [-0.2, 0) is 0 Å². The second-order valence-electron chi connectivity index (χ2n) is 4.10. The van der Waals surface area contributed by atoms with Crippen molar-refractivity contribution in [1.82, 2.24) is 0 Å². The molecular formula is C12H13BrF2. The van der Waals surface area contributed by atoms with Crippen LogP contribution in [0.1, 0.15) is 37.2 Å². The minimum absolute atomic E-state index is 0.0318. The first-order chi connectivity index (χ1) is 7.18. The van der Waals surface area contributed by atoms with Crippen LogP contribution in [0.2, 0.25) is 0 Å². The van der Waals surface area contributed by atoms with Crippen LogP contribution in [0.4, 0.5) is 8.78 Å². The fourth-order valence-electron chi connectivity index (χ4n) is 2.29. The van der Waals surface area contributed by atoms with E-state index in [-0.39, 0.29) is 11.5 Å². The number of hydrogen-bond acceptors (Lipinski definition) is 0. The zero-order chi connectivity index (χ0) is 10.8. The molecule has 0 heterocycles. The Morgan fingerprint density at radius 3 is 2.40 bits per heavy atom. The maximum absolute atomic E-state index is 13.5. The lowest BCUT2D eigenvalue weighted by molar-refractivity contribution is 0.424. The van der Waals surface area contributed by atoms with E-state index in [9.17, 15) is 8.78 Å². The van der Waals surface area contributed by atoms with E-state index in [1.54, 1.807) is 0 Å². The minimum atomic E-state index is -0.401. The Bertz CT molecular complexity index is 331. The smallest absolute Gasteiger partial charge is 0.129 e. The molecule has 1 aliphatic rings. The first kappa shape index (κ1) is 11.1. The Labute approximate surface area is 96.8 Å². The number of rotatable bonds is 1. The van der Waals surface area contributed by atoms with Crippen molar-refractivity contribution in [2.24, 2.45) is 0 Å². The predicted octanol–water partition coefficient (Wildman–Crippen LogP) is 4.39. The summed E-state index contributed by atoms with van der Waals surface area (Å²) in [5, 5.41) is 0. The van der Waals surface area contributed by atoms with Crippen LogP contribution >= 0.6 is 15.9 Å². The third-order valence-electron chi connectivity index (χ3n) is 3.02. The lowest BCUT2D eigenvalue weighted by Gasteiger charge is -2.26. The van der Waals surface area contributed by atoms with Gasteiger partial charge in [0.05, 0.1) is 0 Å². The monoisotopic (exact) mass is 274 g/mol. The molecule has 82 valence electrons. The third-order valence-corrected chi connectivity index (χ3v) is 3.85.